The van der Waals surface area contributed by atoms with E-state index in [2.05, 4.69) is 30.2 Å². The Labute approximate surface area is 235 Å². The molecule has 0 atom stereocenters. The van der Waals surface area contributed by atoms with Gasteiger partial charge in [-0.2, -0.15) is 0 Å². The van der Waals surface area contributed by atoms with Crippen molar-refractivity contribution in [3.8, 4) is 22.8 Å². The van der Waals surface area contributed by atoms with Crippen LogP contribution in [-0.2, 0) is 13.1 Å². The van der Waals surface area contributed by atoms with Gasteiger partial charge in [-0.05, 0) is 19.1 Å². The number of thiazole rings is 1. The summed E-state index contributed by atoms with van der Waals surface area (Å²) in [6, 6.07) is 3.35. The maximum absolute atomic E-state index is 13.3. The molecule has 1 N–H and O–H groups in total. The van der Waals surface area contributed by atoms with E-state index in [0.717, 1.165) is 11.1 Å². The summed E-state index contributed by atoms with van der Waals surface area (Å²) in [4.78, 5) is 48.7. The summed E-state index contributed by atoms with van der Waals surface area (Å²) in [5, 5.41) is 3.36. The molecule has 0 aliphatic carbocycles. The van der Waals surface area contributed by atoms with Crippen molar-refractivity contribution in [3.63, 3.8) is 0 Å². The Morgan fingerprint density at radius 1 is 1.05 bits per heavy atom. The van der Waals surface area contributed by atoms with Gasteiger partial charge in [0, 0.05) is 23.0 Å². The van der Waals surface area contributed by atoms with Crippen LogP contribution in [0.5, 0.6) is 11.6 Å². The van der Waals surface area contributed by atoms with Crippen LogP contribution in [0.2, 0.25) is 5.15 Å². The van der Waals surface area contributed by atoms with E-state index in [1.165, 1.54) is 42.8 Å². The van der Waals surface area contributed by atoms with Gasteiger partial charge in [-0.3, -0.25) is 19.9 Å². The monoisotopic (exact) mass is 587 g/mol. The predicted octanol–water partition coefficient (Wildman–Crippen LogP) is 4.72. The molecule has 0 fully saturated rings. The molecule has 0 saturated carbocycles. The lowest BCUT2D eigenvalue weighted by Gasteiger charge is -2.16. The Kier molecular flexibility index (Phi) is 7.54. The van der Waals surface area contributed by atoms with Gasteiger partial charge in [0.1, 0.15) is 16.6 Å². The number of ether oxygens (including phenoxy) is 2. The number of methoxy groups -OCH3 is 2. The molecule has 0 radical (unpaired) electrons. The van der Waals surface area contributed by atoms with E-state index in [-0.39, 0.29) is 35.4 Å². The highest BCUT2D eigenvalue weighted by atomic mass is 35.5. The number of carbonyl (C=O) groups is 2. The number of nitrogens with one attached hydrogen (secondary N) is 1. The van der Waals surface area contributed by atoms with Crippen LogP contribution in [0.4, 0.5) is 13.9 Å². The van der Waals surface area contributed by atoms with Crippen molar-refractivity contribution in [2.24, 2.45) is 0 Å². The number of rotatable bonds is 7. The average Bonchev–Trinajstić information content (AvgIpc) is 3.51. The number of alkyl halides is 2. The van der Waals surface area contributed by atoms with Crippen LogP contribution in [0.3, 0.4) is 0 Å². The van der Waals surface area contributed by atoms with Crippen LogP contribution >= 0.6 is 22.9 Å². The van der Waals surface area contributed by atoms with Crippen LogP contribution in [-0.4, -0.2) is 55.9 Å². The Morgan fingerprint density at radius 2 is 1.85 bits per heavy atom. The number of halogens is 3. The van der Waals surface area contributed by atoms with Crippen molar-refractivity contribution < 1.29 is 27.8 Å². The second-order valence-corrected chi connectivity index (χ2v) is 10.0. The van der Waals surface area contributed by atoms with Crippen LogP contribution in [0.15, 0.2) is 30.7 Å². The first-order valence-corrected chi connectivity index (χ1v) is 12.8. The number of hydrogen-bond acceptors (Lipinski definition) is 10. The minimum absolute atomic E-state index is 0.113. The molecule has 1 aliphatic rings. The van der Waals surface area contributed by atoms with E-state index in [4.69, 9.17) is 21.1 Å². The van der Waals surface area contributed by atoms with Gasteiger partial charge in [-0.1, -0.05) is 22.9 Å². The molecular formula is C25H20ClF2N7O4S. The molecule has 11 nitrogen and oxygen atoms in total. The highest BCUT2D eigenvalue weighted by molar-refractivity contribution is 7.16. The fourth-order valence-electron chi connectivity index (χ4n) is 4.11. The first-order valence-electron chi connectivity index (χ1n) is 11.6. The largest absolute Gasteiger partial charge is 0.494 e. The topological polar surface area (TPSA) is 132 Å². The van der Waals surface area contributed by atoms with Gasteiger partial charge in [0.2, 0.25) is 5.88 Å². The second kappa shape index (κ2) is 11.1. The third-order valence-corrected chi connectivity index (χ3v) is 7.18. The van der Waals surface area contributed by atoms with Gasteiger partial charge in [-0.15, -0.1) is 0 Å². The lowest BCUT2D eigenvalue weighted by atomic mass is 10.0. The molecule has 4 aromatic heterocycles. The van der Waals surface area contributed by atoms with Crippen molar-refractivity contribution in [1.82, 2.24) is 29.8 Å². The van der Waals surface area contributed by atoms with E-state index >= 15 is 0 Å². The molecule has 5 heterocycles. The first kappa shape index (κ1) is 27.3. The summed E-state index contributed by atoms with van der Waals surface area (Å²) >= 11 is 7.31. The Morgan fingerprint density at radius 3 is 2.55 bits per heavy atom. The normalized spacial score (nSPS) is 12.4. The van der Waals surface area contributed by atoms with Gasteiger partial charge in [-0.25, -0.2) is 28.7 Å². The lowest BCUT2D eigenvalue weighted by molar-refractivity contribution is 0.0741. The van der Waals surface area contributed by atoms with E-state index in [0.29, 0.717) is 33.4 Å². The number of pyridine rings is 2. The number of hydrogen-bond donors (Lipinski definition) is 1. The smallest absolute Gasteiger partial charge is 0.285 e. The Bertz CT molecular complexity index is 1610. The number of aryl methyl sites for hydroxylation is 1. The maximum Gasteiger partial charge on any atom is 0.285 e. The summed E-state index contributed by atoms with van der Waals surface area (Å²) in [5.74, 6) is -0.935. The molecule has 206 valence electrons. The summed E-state index contributed by atoms with van der Waals surface area (Å²) in [5.41, 5.74) is 1.72. The summed E-state index contributed by atoms with van der Waals surface area (Å²) in [7, 11) is 2.69. The number of anilines is 1. The molecule has 2 amide bonds. The molecule has 0 spiro atoms. The first-order chi connectivity index (χ1) is 19.2. The molecule has 0 saturated heterocycles. The zero-order valence-corrected chi connectivity index (χ0v) is 22.8. The van der Waals surface area contributed by atoms with Crippen LogP contribution in [0.25, 0.3) is 11.1 Å². The van der Waals surface area contributed by atoms with E-state index < -0.39 is 23.9 Å². The van der Waals surface area contributed by atoms with Gasteiger partial charge in [0.15, 0.2) is 10.8 Å². The molecule has 5 rings (SSSR count). The van der Waals surface area contributed by atoms with Gasteiger partial charge >= 0.3 is 0 Å². The third-order valence-electron chi connectivity index (χ3n) is 5.97. The van der Waals surface area contributed by atoms with Crippen LogP contribution in [0, 0.1) is 6.92 Å². The Hall–Kier alpha value is -4.30. The highest BCUT2D eigenvalue weighted by Gasteiger charge is 2.31. The van der Waals surface area contributed by atoms with E-state index in [9.17, 15) is 18.4 Å². The molecule has 4 aromatic rings. The van der Waals surface area contributed by atoms with Crippen molar-refractivity contribution >= 4 is 39.9 Å². The molecule has 0 aromatic carbocycles. The molecule has 0 bridgehead atoms. The zero-order chi connectivity index (χ0) is 28.6. The average molecular weight is 588 g/mol. The van der Waals surface area contributed by atoms with Crippen molar-refractivity contribution in [2.45, 2.75) is 26.4 Å². The molecule has 0 unspecified atom stereocenters. The fraction of sp³-hybridized carbons (Fsp3) is 0.240. The van der Waals surface area contributed by atoms with E-state index in [1.807, 2.05) is 0 Å². The predicted molar refractivity (Wildman–Crippen MR) is 141 cm³/mol. The fourth-order valence-corrected chi connectivity index (χ4v) is 5.25. The summed E-state index contributed by atoms with van der Waals surface area (Å²) in [6.07, 6.45) is 1.07. The Balaban J connectivity index is 1.34. The lowest BCUT2D eigenvalue weighted by Crippen LogP contribution is -2.27. The highest BCUT2D eigenvalue weighted by Crippen LogP contribution is 2.36. The van der Waals surface area contributed by atoms with Crippen molar-refractivity contribution in [1.29, 1.82) is 0 Å². The maximum atomic E-state index is 13.3. The number of amides is 2. The van der Waals surface area contributed by atoms with Crippen molar-refractivity contribution in [2.75, 3.05) is 19.5 Å². The SMILES string of the molecule is COc1cnc(Cl)cc1-c1cc(C)ncc1C(=O)Nc1nc2c(s1)CN(C(=O)c1cnc(OC)c(C(F)F)n1)C2. The van der Waals surface area contributed by atoms with Gasteiger partial charge in [0.25, 0.3) is 18.2 Å². The number of aromatic nitrogens is 5. The summed E-state index contributed by atoms with van der Waals surface area (Å²) in [6.45, 7) is 2.08. The minimum Gasteiger partial charge on any atom is -0.494 e. The summed E-state index contributed by atoms with van der Waals surface area (Å²) < 4.78 is 36.8. The van der Waals surface area contributed by atoms with Gasteiger partial charge in [0.05, 0.1) is 55.8 Å². The third kappa shape index (κ3) is 5.27. The van der Waals surface area contributed by atoms with Gasteiger partial charge < -0.3 is 14.4 Å². The second-order valence-electron chi connectivity index (χ2n) is 8.53. The van der Waals surface area contributed by atoms with E-state index in [1.54, 1.807) is 19.1 Å². The van der Waals surface area contributed by atoms with Crippen LogP contribution in [0.1, 0.15) is 49.2 Å². The zero-order valence-electron chi connectivity index (χ0n) is 21.2. The standard InChI is InChI=1S/C25H20ClF2N7O4S/c1-11-4-12(13-5-19(26)30-8-17(13)38-2)14(6-29-11)22(36)34-25-33-16-9-35(10-18(16)40-25)24(37)15-7-31-23(39-3)20(32-15)21(27)28/h4-8,21H,9-10H2,1-3H3,(H,33,34,36). The number of carbonyl (C=O) groups excluding carboxylic acids is 2. The van der Waals surface area contributed by atoms with Crippen LogP contribution < -0.4 is 14.8 Å². The number of nitrogens with zero attached hydrogens (tertiary/aromatic N) is 6. The minimum atomic E-state index is -2.95. The molecular weight excluding hydrogens is 568 g/mol. The number of fused-ring (bicyclic) bond motifs is 1. The quantitative estimate of drug-likeness (QED) is 0.305. The molecule has 1 aliphatic heterocycles. The van der Waals surface area contributed by atoms with Crippen molar-refractivity contribution in [3.05, 3.63) is 69.1 Å². The molecule has 15 heteroatoms. The molecule has 40 heavy (non-hydrogen) atoms.